The third kappa shape index (κ3) is 2.62. The molecule has 1 unspecified atom stereocenters. The van der Waals surface area contributed by atoms with Gasteiger partial charge in [0.05, 0.1) is 20.8 Å². The van der Waals surface area contributed by atoms with Gasteiger partial charge in [-0.25, -0.2) is 4.79 Å². The highest BCUT2D eigenvalue weighted by molar-refractivity contribution is 6.12. The van der Waals surface area contributed by atoms with Gasteiger partial charge in [-0.05, 0) is 42.2 Å². The molecule has 7 nitrogen and oxygen atoms in total. The third-order valence-corrected chi connectivity index (χ3v) is 5.43. The Morgan fingerprint density at radius 3 is 2.61 bits per heavy atom. The van der Waals surface area contributed by atoms with Gasteiger partial charge in [0, 0.05) is 5.56 Å². The molecule has 1 N–H and O–H groups in total. The molecular formula is C21H20N2O5. The molecule has 2 aromatic rings. The zero-order valence-electron chi connectivity index (χ0n) is 15.7. The quantitative estimate of drug-likeness (QED) is 0.635. The molecule has 0 aromatic heterocycles. The summed E-state index contributed by atoms with van der Waals surface area (Å²) in [4.78, 5) is 39.4. The summed E-state index contributed by atoms with van der Waals surface area (Å²) in [6.45, 7) is -0.329. The van der Waals surface area contributed by atoms with Gasteiger partial charge >= 0.3 is 6.03 Å². The van der Waals surface area contributed by atoms with Crippen molar-refractivity contribution in [2.75, 3.05) is 20.8 Å². The molecule has 7 heteroatoms. The van der Waals surface area contributed by atoms with Gasteiger partial charge in [0.25, 0.3) is 5.91 Å². The number of benzene rings is 2. The first kappa shape index (κ1) is 18.0. The number of methoxy groups -OCH3 is 2. The number of carbonyl (C=O) groups excluding carboxylic acids is 3. The van der Waals surface area contributed by atoms with E-state index in [-0.39, 0.29) is 18.2 Å². The molecule has 144 valence electrons. The van der Waals surface area contributed by atoms with Crippen LogP contribution in [0.1, 0.15) is 27.9 Å². The standard InChI is InChI=1S/C21H20N2O5/c1-27-17-8-7-14(11-18(17)28-2)16(24)12-23-19(25)21(22-20(23)26)10-9-13-5-3-4-6-15(13)21/h3-8,11H,9-10,12H2,1-2H3,(H,22,26). The second-order valence-corrected chi connectivity index (χ2v) is 6.88. The number of Topliss-reactive ketones (excluding diaryl/α,β-unsaturated/α-hetero) is 1. The number of nitrogens with zero attached hydrogens (tertiary/aromatic N) is 1. The molecule has 0 bridgehead atoms. The summed E-state index contributed by atoms with van der Waals surface area (Å²) < 4.78 is 10.4. The molecule has 0 saturated carbocycles. The van der Waals surface area contributed by atoms with Gasteiger partial charge in [-0.15, -0.1) is 0 Å². The van der Waals surface area contributed by atoms with E-state index in [0.29, 0.717) is 29.9 Å². The van der Waals surface area contributed by atoms with Crippen LogP contribution in [0.4, 0.5) is 4.79 Å². The van der Waals surface area contributed by atoms with E-state index in [1.54, 1.807) is 18.2 Å². The minimum absolute atomic E-state index is 0.329. The fourth-order valence-electron chi connectivity index (χ4n) is 3.98. The topological polar surface area (TPSA) is 84.9 Å². The van der Waals surface area contributed by atoms with Gasteiger partial charge in [-0.3, -0.25) is 14.5 Å². The second kappa shape index (κ2) is 6.67. The maximum Gasteiger partial charge on any atom is 0.325 e. The van der Waals surface area contributed by atoms with Crippen molar-refractivity contribution in [3.63, 3.8) is 0 Å². The molecule has 1 aliphatic heterocycles. The van der Waals surface area contributed by atoms with Gasteiger partial charge < -0.3 is 14.8 Å². The predicted octanol–water partition coefficient (Wildman–Crippen LogP) is 2.28. The highest BCUT2D eigenvalue weighted by Gasteiger charge is 2.55. The van der Waals surface area contributed by atoms with E-state index in [4.69, 9.17) is 9.47 Å². The van der Waals surface area contributed by atoms with Gasteiger partial charge in [-0.2, -0.15) is 0 Å². The fraction of sp³-hybridized carbons (Fsp3) is 0.286. The van der Waals surface area contributed by atoms with Crippen molar-refractivity contribution in [1.29, 1.82) is 0 Å². The van der Waals surface area contributed by atoms with E-state index in [9.17, 15) is 14.4 Å². The number of carbonyl (C=O) groups is 3. The van der Waals surface area contributed by atoms with Gasteiger partial charge in [0.2, 0.25) is 0 Å². The third-order valence-electron chi connectivity index (χ3n) is 5.43. The molecule has 2 aliphatic rings. The minimum atomic E-state index is -1.06. The van der Waals surface area contributed by atoms with Crippen molar-refractivity contribution in [1.82, 2.24) is 10.2 Å². The number of hydrogen-bond donors (Lipinski definition) is 1. The molecule has 0 radical (unpaired) electrons. The fourth-order valence-corrected chi connectivity index (χ4v) is 3.98. The normalized spacial score (nSPS) is 20.3. The van der Waals surface area contributed by atoms with E-state index in [1.165, 1.54) is 14.2 Å². The van der Waals surface area contributed by atoms with Crippen LogP contribution < -0.4 is 14.8 Å². The van der Waals surface area contributed by atoms with Crippen LogP contribution in [0.3, 0.4) is 0 Å². The molecule has 2 aromatic carbocycles. The Balaban J connectivity index is 1.59. The SMILES string of the molecule is COc1ccc(C(=O)CN2C(=O)NC3(CCc4ccccc43)C2=O)cc1OC. The van der Waals surface area contributed by atoms with Gasteiger partial charge in [-0.1, -0.05) is 24.3 Å². The zero-order chi connectivity index (χ0) is 19.9. The number of rotatable bonds is 5. The van der Waals surface area contributed by atoms with Gasteiger partial charge in [0.1, 0.15) is 5.54 Å². The van der Waals surface area contributed by atoms with E-state index < -0.39 is 11.6 Å². The molecule has 1 saturated heterocycles. The Hall–Kier alpha value is -3.35. The Bertz CT molecular complexity index is 987. The first-order valence-corrected chi connectivity index (χ1v) is 8.98. The smallest absolute Gasteiger partial charge is 0.325 e. The Morgan fingerprint density at radius 1 is 1.11 bits per heavy atom. The number of fused-ring (bicyclic) bond motifs is 2. The Morgan fingerprint density at radius 2 is 1.86 bits per heavy atom. The lowest BCUT2D eigenvalue weighted by Crippen LogP contribution is -2.42. The highest BCUT2D eigenvalue weighted by Crippen LogP contribution is 2.41. The van der Waals surface area contributed by atoms with Crippen LogP contribution in [0.15, 0.2) is 42.5 Å². The summed E-state index contributed by atoms with van der Waals surface area (Å²) >= 11 is 0. The predicted molar refractivity (Wildman–Crippen MR) is 101 cm³/mol. The molecule has 1 atom stereocenters. The summed E-state index contributed by atoms with van der Waals surface area (Å²) in [5.41, 5.74) is 1.13. The van der Waals surface area contributed by atoms with Crippen molar-refractivity contribution < 1.29 is 23.9 Å². The van der Waals surface area contributed by atoms with Crippen molar-refractivity contribution in [2.24, 2.45) is 0 Å². The summed E-state index contributed by atoms with van der Waals surface area (Å²) in [5.74, 6) is 0.173. The lowest BCUT2D eigenvalue weighted by Gasteiger charge is -2.22. The number of imide groups is 1. The first-order valence-electron chi connectivity index (χ1n) is 8.98. The van der Waals surface area contributed by atoms with Crippen LogP contribution in [0.25, 0.3) is 0 Å². The van der Waals surface area contributed by atoms with E-state index in [1.807, 2.05) is 24.3 Å². The van der Waals surface area contributed by atoms with Crippen molar-refractivity contribution in [3.05, 3.63) is 59.2 Å². The molecule has 3 amide bonds. The van der Waals surface area contributed by atoms with Crippen molar-refractivity contribution in [3.8, 4) is 11.5 Å². The van der Waals surface area contributed by atoms with Gasteiger partial charge in [0.15, 0.2) is 17.3 Å². The minimum Gasteiger partial charge on any atom is -0.493 e. The number of nitrogens with one attached hydrogen (secondary N) is 1. The lowest BCUT2D eigenvalue weighted by atomic mass is 9.92. The number of ketones is 1. The average molecular weight is 380 g/mol. The van der Waals surface area contributed by atoms with Crippen LogP contribution in [-0.2, 0) is 16.8 Å². The maximum atomic E-state index is 13.1. The van der Waals surface area contributed by atoms with Crippen LogP contribution >= 0.6 is 0 Å². The molecule has 1 aliphatic carbocycles. The Labute approximate surface area is 162 Å². The number of hydrogen-bond acceptors (Lipinski definition) is 5. The highest BCUT2D eigenvalue weighted by atomic mass is 16.5. The average Bonchev–Trinajstić information content (AvgIpc) is 3.20. The van der Waals surface area contributed by atoms with Crippen LogP contribution in [-0.4, -0.2) is 43.4 Å². The zero-order valence-corrected chi connectivity index (χ0v) is 15.7. The Kier molecular flexibility index (Phi) is 4.30. The number of aryl methyl sites for hydroxylation is 1. The molecular weight excluding hydrogens is 360 g/mol. The molecule has 4 rings (SSSR count). The molecule has 28 heavy (non-hydrogen) atoms. The van der Waals surface area contributed by atoms with Crippen LogP contribution in [0.5, 0.6) is 11.5 Å². The number of ether oxygens (including phenoxy) is 2. The maximum absolute atomic E-state index is 13.1. The summed E-state index contributed by atoms with van der Waals surface area (Å²) in [7, 11) is 2.98. The number of urea groups is 1. The van der Waals surface area contributed by atoms with E-state index in [0.717, 1.165) is 16.0 Å². The largest absolute Gasteiger partial charge is 0.493 e. The number of amides is 3. The first-order chi connectivity index (χ1) is 13.5. The van der Waals surface area contributed by atoms with E-state index >= 15 is 0 Å². The molecule has 1 fully saturated rings. The molecule has 1 heterocycles. The second-order valence-electron chi connectivity index (χ2n) is 6.88. The molecule has 1 spiro atoms. The van der Waals surface area contributed by atoms with Crippen molar-refractivity contribution in [2.45, 2.75) is 18.4 Å². The van der Waals surface area contributed by atoms with Crippen LogP contribution in [0.2, 0.25) is 0 Å². The lowest BCUT2D eigenvalue weighted by molar-refractivity contribution is -0.131. The summed E-state index contributed by atoms with van der Waals surface area (Å²) in [6.07, 6.45) is 1.21. The monoisotopic (exact) mass is 380 g/mol. The van der Waals surface area contributed by atoms with E-state index in [2.05, 4.69) is 5.32 Å². The summed E-state index contributed by atoms with van der Waals surface area (Å²) in [5, 5.41) is 2.82. The summed E-state index contributed by atoms with van der Waals surface area (Å²) in [6, 6.07) is 11.8. The van der Waals surface area contributed by atoms with Crippen LogP contribution in [0, 0.1) is 0 Å². The van der Waals surface area contributed by atoms with Crippen molar-refractivity contribution >= 4 is 17.7 Å².